The van der Waals surface area contributed by atoms with Gasteiger partial charge in [0.2, 0.25) is 5.91 Å². The van der Waals surface area contributed by atoms with Crippen LogP contribution in [-0.4, -0.2) is 60.3 Å². The summed E-state index contributed by atoms with van der Waals surface area (Å²) in [6, 6.07) is 14.4. The van der Waals surface area contributed by atoms with Gasteiger partial charge in [-0.15, -0.1) is 6.58 Å². The first-order chi connectivity index (χ1) is 18.3. The van der Waals surface area contributed by atoms with Gasteiger partial charge in [-0.2, -0.15) is 0 Å². The summed E-state index contributed by atoms with van der Waals surface area (Å²) in [6.45, 7) is 17.0. The van der Waals surface area contributed by atoms with Gasteiger partial charge in [0, 0.05) is 18.3 Å². The van der Waals surface area contributed by atoms with Crippen LogP contribution in [0.15, 0.2) is 55.1 Å². The molecule has 0 spiro atoms. The Labute approximate surface area is 230 Å². The van der Waals surface area contributed by atoms with Gasteiger partial charge in [0.15, 0.2) is 0 Å². The Kier molecular flexibility index (Phi) is 14.1. The lowest BCUT2D eigenvalue weighted by atomic mass is 10.0. The molecular formula is C32H49N3O3. The summed E-state index contributed by atoms with van der Waals surface area (Å²) in [6.07, 6.45) is 6.58. The molecule has 1 heterocycles. The number of para-hydroxylation sites is 2. The number of hydrogen-bond donors (Lipinski definition) is 3. The van der Waals surface area contributed by atoms with Gasteiger partial charge in [0.25, 0.3) is 0 Å². The third kappa shape index (κ3) is 10.6. The second-order valence-electron chi connectivity index (χ2n) is 10.4. The average Bonchev–Trinajstić information content (AvgIpc) is 2.90. The van der Waals surface area contributed by atoms with Gasteiger partial charge in [0.05, 0.1) is 6.04 Å². The van der Waals surface area contributed by atoms with Crippen LogP contribution in [0.1, 0.15) is 63.1 Å². The van der Waals surface area contributed by atoms with Gasteiger partial charge in [-0.3, -0.25) is 9.69 Å². The molecule has 1 aliphatic rings. The highest BCUT2D eigenvalue weighted by Gasteiger charge is 2.28. The highest BCUT2D eigenvalue weighted by atomic mass is 16.5. The fourth-order valence-corrected chi connectivity index (χ4v) is 4.65. The van der Waals surface area contributed by atoms with Crippen molar-refractivity contribution in [2.75, 3.05) is 31.6 Å². The number of carbonyl (C=O) groups is 1. The second-order valence-corrected chi connectivity index (χ2v) is 10.4. The molecule has 6 heteroatoms. The third-order valence-electron chi connectivity index (χ3n) is 6.69. The van der Waals surface area contributed by atoms with Crippen molar-refractivity contribution in [1.29, 1.82) is 0 Å². The monoisotopic (exact) mass is 523 g/mol. The predicted octanol–water partition coefficient (Wildman–Crippen LogP) is 5.66. The molecule has 0 radical (unpaired) electrons. The lowest BCUT2D eigenvalue weighted by Gasteiger charge is -2.34. The number of carbonyl (C=O) groups excluding carboxylic acids is 1. The van der Waals surface area contributed by atoms with E-state index in [1.165, 1.54) is 6.42 Å². The van der Waals surface area contributed by atoms with E-state index in [1.807, 2.05) is 76.2 Å². The maximum atomic E-state index is 12.6. The number of nitrogens with zero attached hydrogens (tertiary/aromatic N) is 1. The number of aryl methyl sites for hydroxylation is 2. The van der Waals surface area contributed by atoms with Gasteiger partial charge >= 0.3 is 0 Å². The van der Waals surface area contributed by atoms with Crippen LogP contribution in [-0.2, 0) is 11.2 Å². The molecule has 2 aromatic rings. The molecule has 1 unspecified atom stereocenters. The highest BCUT2D eigenvalue weighted by Crippen LogP contribution is 2.23. The zero-order valence-corrected chi connectivity index (χ0v) is 24.1. The first-order valence-corrected chi connectivity index (χ1v) is 14.1. The number of amides is 1. The lowest BCUT2D eigenvalue weighted by molar-refractivity contribution is -0.122. The van der Waals surface area contributed by atoms with Crippen molar-refractivity contribution in [3.8, 4) is 5.75 Å². The summed E-state index contributed by atoms with van der Waals surface area (Å²) in [4.78, 5) is 14.9. The Morgan fingerprint density at radius 2 is 1.87 bits per heavy atom. The van der Waals surface area contributed by atoms with Crippen LogP contribution in [0.25, 0.3) is 0 Å². The van der Waals surface area contributed by atoms with Gasteiger partial charge in [0.1, 0.15) is 18.5 Å². The Balaban J connectivity index is 0.000000269. The van der Waals surface area contributed by atoms with E-state index in [2.05, 4.69) is 29.0 Å². The van der Waals surface area contributed by atoms with Crippen molar-refractivity contribution in [1.82, 2.24) is 10.2 Å². The molecule has 0 aliphatic carbocycles. The maximum absolute atomic E-state index is 12.6. The van der Waals surface area contributed by atoms with Crippen molar-refractivity contribution < 1.29 is 14.6 Å². The van der Waals surface area contributed by atoms with Crippen LogP contribution in [0.5, 0.6) is 5.75 Å². The van der Waals surface area contributed by atoms with Crippen molar-refractivity contribution in [2.24, 2.45) is 0 Å². The summed E-state index contributed by atoms with van der Waals surface area (Å²) in [5.74, 6) is 0.983. The topological polar surface area (TPSA) is 73.8 Å². The van der Waals surface area contributed by atoms with Gasteiger partial charge in [-0.25, -0.2) is 0 Å². The average molecular weight is 524 g/mol. The van der Waals surface area contributed by atoms with E-state index in [0.29, 0.717) is 19.2 Å². The third-order valence-corrected chi connectivity index (χ3v) is 6.69. The van der Waals surface area contributed by atoms with Crippen LogP contribution in [0.4, 0.5) is 5.69 Å². The molecule has 2 aromatic carbocycles. The summed E-state index contributed by atoms with van der Waals surface area (Å²) >= 11 is 0. The van der Waals surface area contributed by atoms with Gasteiger partial charge < -0.3 is 20.5 Å². The van der Waals surface area contributed by atoms with E-state index < -0.39 is 6.10 Å². The molecule has 6 nitrogen and oxygen atoms in total. The molecule has 3 N–H and O–H groups in total. The molecule has 2 atom stereocenters. The SMILES string of the molecule is C=CCc1ccccc1OCC(O)CNC(C)C.CCCN1CCCC[C@H]1C(=O)Nc1c(C)cccc1C. The number of likely N-dealkylation sites (tertiary alicyclic amines) is 1. The molecule has 1 fully saturated rings. The standard InChI is InChI=1S/C17H26N2O.C15H23NO2/c1-4-11-19-12-6-5-10-15(19)17(20)18-16-13(2)8-7-9-14(16)3;1-4-7-13-8-5-6-9-15(13)18-11-14(17)10-16-12(2)3/h7-9,15H,4-6,10-12H2,1-3H3,(H,18,20);4-6,8-9,12,14,16-17H,1,7,10-11H2,2-3H3/t15-;/m0./s1. The molecule has 0 bridgehead atoms. The number of anilines is 1. The zero-order valence-electron chi connectivity index (χ0n) is 24.1. The van der Waals surface area contributed by atoms with E-state index >= 15 is 0 Å². The Morgan fingerprint density at radius 1 is 1.16 bits per heavy atom. The second kappa shape index (κ2) is 17.0. The minimum atomic E-state index is -0.496. The van der Waals surface area contributed by atoms with Crippen LogP contribution in [0.3, 0.4) is 0 Å². The number of piperidine rings is 1. The minimum Gasteiger partial charge on any atom is -0.491 e. The normalized spacial score (nSPS) is 16.3. The Bertz CT molecular complexity index is 969. The molecule has 3 rings (SSSR count). The number of allylic oxidation sites excluding steroid dienone is 1. The number of benzene rings is 2. The molecule has 0 aromatic heterocycles. The smallest absolute Gasteiger partial charge is 0.241 e. The predicted molar refractivity (Wildman–Crippen MR) is 159 cm³/mol. The fraction of sp³-hybridized carbons (Fsp3) is 0.531. The molecule has 38 heavy (non-hydrogen) atoms. The van der Waals surface area contributed by atoms with Gasteiger partial charge in [-0.05, 0) is 75.4 Å². The van der Waals surface area contributed by atoms with Crippen molar-refractivity contribution in [3.05, 3.63) is 71.8 Å². The molecule has 1 saturated heterocycles. The summed E-state index contributed by atoms with van der Waals surface area (Å²) in [7, 11) is 0. The number of aliphatic hydroxyl groups is 1. The largest absolute Gasteiger partial charge is 0.491 e. The van der Waals surface area contributed by atoms with Crippen molar-refractivity contribution >= 4 is 11.6 Å². The first-order valence-electron chi connectivity index (χ1n) is 14.1. The summed E-state index contributed by atoms with van der Waals surface area (Å²) in [5.41, 5.74) is 4.35. The van der Waals surface area contributed by atoms with Crippen LogP contribution in [0, 0.1) is 13.8 Å². The van der Waals surface area contributed by atoms with Crippen LogP contribution in [0.2, 0.25) is 0 Å². The van der Waals surface area contributed by atoms with Crippen LogP contribution >= 0.6 is 0 Å². The van der Waals surface area contributed by atoms with E-state index in [4.69, 9.17) is 4.74 Å². The molecule has 0 saturated carbocycles. The number of hydrogen-bond acceptors (Lipinski definition) is 5. The number of ether oxygens (including phenoxy) is 1. The van der Waals surface area contributed by atoms with Gasteiger partial charge in [-0.1, -0.05) is 69.7 Å². The number of aliphatic hydroxyl groups excluding tert-OH is 1. The lowest BCUT2D eigenvalue weighted by Crippen LogP contribution is -2.47. The molecule has 1 aliphatic heterocycles. The number of rotatable bonds is 12. The van der Waals surface area contributed by atoms with E-state index in [-0.39, 0.29) is 11.9 Å². The maximum Gasteiger partial charge on any atom is 0.241 e. The summed E-state index contributed by atoms with van der Waals surface area (Å²) < 4.78 is 5.65. The first kappa shape index (κ1) is 31.5. The molecule has 210 valence electrons. The zero-order chi connectivity index (χ0) is 27.9. The molecular weight excluding hydrogens is 474 g/mol. The van der Waals surface area contributed by atoms with Crippen molar-refractivity contribution in [2.45, 2.75) is 84.9 Å². The quantitative estimate of drug-likeness (QED) is 0.313. The van der Waals surface area contributed by atoms with E-state index in [9.17, 15) is 9.90 Å². The minimum absolute atomic E-state index is 0.0442. The van der Waals surface area contributed by atoms with Crippen molar-refractivity contribution in [3.63, 3.8) is 0 Å². The van der Waals surface area contributed by atoms with Crippen LogP contribution < -0.4 is 15.4 Å². The van der Waals surface area contributed by atoms with E-state index in [0.717, 1.165) is 66.9 Å². The Hall–Kier alpha value is -2.67. The number of nitrogens with one attached hydrogen (secondary N) is 2. The Morgan fingerprint density at radius 3 is 2.53 bits per heavy atom. The highest BCUT2D eigenvalue weighted by molar-refractivity contribution is 5.96. The summed E-state index contributed by atoms with van der Waals surface area (Å²) in [5, 5.41) is 16.1. The van der Waals surface area contributed by atoms with E-state index in [1.54, 1.807) is 0 Å². The fourth-order valence-electron chi connectivity index (χ4n) is 4.65. The molecule has 1 amide bonds.